The lowest BCUT2D eigenvalue weighted by Gasteiger charge is -2.09. The second kappa shape index (κ2) is 5.84. The number of imidazole rings is 1. The van der Waals surface area contributed by atoms with Crippen molar-refractivity contribution in [3.63, 3.8) is 0 Å². The van der Waals surface area contributed by atoms with Gasteiger partial charge in [0.1, 0.15) is 6.33 Å². The lowest BCUT2D eigenvalue weighted by molar-refractivity contribution is 1.03. The van der Waals surface area contributed by atoms with Crippen LogP contribution < -0.4 is 5.32 Å². The van der Waals surface area contributed by atoms with Gasteiger partial charge >= 0.3 is 0 Å². The molecule has 0 radical (unpaired) electrons. The number of aromatic nitrogens is 5. The van der Waals surface area contributed by atoms with Gasteiger partial charge in [0, 0.05) is 48.7 Å². The third-order valence-corrected chi connectivity index (χ3v) is 3.52. The van der Waals surface area contributed by atoms with Gasteiger partial charge in [0.2, 0.25) is 0 Å². The van der Waals surface area contributed by atoms with Crippen molar-refractivity contribution in [1.82, 2.24) is 24.3 Å². The van der Waals surface area contributed by atoms with Crippen LogP contribution in [0.3, 0.4) is 0 Å². The molecule has 3 aromatic heterocycles. The van der Waals surface area contributed by atoms with E-state index in [1.54, 1.807) is 18.6 Å². The second-order valence-corrected chi connectivity index (χ2v) is 5.10. The van der Waals surface area contributed by atoms with Crippen molar-refractivity contribution < 1.29 is 0 Å². The summed E-state index contributed by atoms with van der Waals surface area (Å²) in [6.45, 7) is 0.592. The predicted molar refractivity (Wildman–Crippen MR) is 87.8 cm³/mol. The fourth-order valence-corrected chi connectivity index (χ4v) is 2.41. The Morgan fingerprint density at radius 3 is 2.70 bits per heavy atom. The van der Waals surface area contributed by atoms with E-state index in [1.165, 1.54) is 6.33 Å². The molecule has 0 atom stereocenters. The first-order valence-corrected chi connectivity index (χ1v) is 7.27. The molecule has 0 aliphatic rings. The number of hydrogen-bond acceptors (Lipinski definition) is 5. The highest BCUT2D eigenvalue weighted by Crippen LogP contribution is 2.22. The van der Waals surface area contributed by atoms with Crippen LogP contribution in [0.1, 0.15) is 5.56 Å². The Hall–Kier alpha value is -3.28. The summed E-state index contributed by atoms with van der Waals surface area (Å²) in [4.78, 5) is 17.1. The summed E-state index contributed by atoms with van der Waals surface area (Å²) in [5.41, 5.74) is 3.74. The summed E-state index contributed by atoms with van der Waals surface area (Å²) >= 11 is 0. The Kier molecular flexibility index (Phi) is 3.40. The lowest BCUT2D eigenvalue weighted by Crippen LogP contribution is -2.05. The van der Waals surface area contributed by atoms with Gasteiger partial charge in [0.15, 0.2) is 11.5 Å². The van der Waals surface area contributed by atoms with Gasteiger partial charge in [-0.1, -0.05) is 30.3 Å². The number of anilines is 1. The Balaban J connectivity index is 1.71. The SMILES string of the molecule is c1ccc(-c2cn3ccnc3c(NCc3cncnc3)n2)cc1. The van der Waals surface area contributed by atoms with Crippen molar-refractivity contribution >= 4 is 11.5 Å². The molecular weight excluding hydrogens is 288 g/mol. The van der Waals surface area contributed by atoms with Gasteiger partial charge in [-0.2, -0.15) is 0 Å². The molecule has 4 rings (SSSR count). The van der Waals surface area contributed by atoms with Gasteiger partial charge in [-0.15, -0.1) is 0 Å². The third-order valence-electron chi connectivity index (χ3n) is 3.52. The molecule has 0 aliphatic carbocycles. The lowest BCUT2D eigenvalue weighted by atomic mass is 10.2. The zero-order valence-corrected chi connectivity index (χ0v) is 12.3. The smallest absolute Gasteiger partial charge is 0.180 e. The number of fused-ring (bicyclic) bond motifs is 1. The van der Waals surface area contributed by atoms with Crippen LogP contribution in [0.2, 0.25) is 0 Å². The molecule has 0 unspecified atom stereocenters. The summed E-state index contributed by atoms with van der Waals surface area (Å²) in [5.74, 6) is 0.736. The predicted octanol–water partition coefficient (Wildman–Crippen LogP) is 2.80. The van der Waals surface area contributed by atoms with Crippen LogP contribution in [-0.2, 0) is 6.54 Å². The highest BCUT2D eigenvalue weighted by molar-refractivity contribution is 5.69. The van der Waals surface area contributed by atoms with E-state index in [-0.39, 0.29) is 0 Å². The Morgan fingerprint density at radius 1 is 1.04 bits per heavy atom. The van der Waals surface area contributed by atoms with Gasteiger partial charge in [-0.05, 0) is 0 Å². The summed E-state index contributed by atoms with van der Waals surface area (Å²) in [5, 5.41) is 3.33. The zero-order valence-electron chi connectivity index (χ0n) is 12.3. The number of nitrogens with one attached hydrogen (secondary N) is 1. The van der Waals surface area contributed by atoms with Crippen LogP contribution in [0, 0.1) is 0 Å². The fraction of sp³-hybridized carbons (Fsp3) is 0.0588. The maximum absolute atomic E-state index is 4.72. The van der Waals surface area contributed by atoms with Gasteiger partial charge in [0.05, 0.1) is 5.69 Å². The molecule has 0 fully saturated rings. The Morgan fingerprint density at radius 2 is 1.87 bits per heavy atom. The minimum atomic E-state index is 0.592. The average Bonchev–Trinajstić information content (AvgIpc) is 3.10. The van der Waals surface area contributed by atoms with E-state index in [0.29, 0.717) is 6.54 Å². The van der Waals surface area contributed by atoms with E-state index in [4.69, 9.17) is 4.98 Å². The van der Waals surface area contributed by atoms with Crippen molar-refractivity contribution in [2.75, 3.05) is 5.32 Å². The van der Waals surface area contributed by atoms with Crippen LogP contribution in [0.15, 0.2) is 67.6 Å². The number of hydrogen-bond donors (Lipinski definition) is 1. The van der Waals surface area contributed by atoms with Crippen LogP contribution in [0.25, 0.3) is 16.9 Å². The molecule has 1 aromatic carbocycles. The molecule has 1 N–H and O–H groups in total. The Labute approximate surface area is 132 Å². The number of rotatable bonds is 4. The minimum absolute atomic E-state index is 0.592. The monoisotopic (exact) mass is 302 g/mol. The second-order valence-electron chi connectivity index (χ2n) is 5.10. The molecule has 112 valence electrons. The molecule has 3 heterocycles. The topological polar surface area (TPSA) is 68.0 Å². The molecule has 0 aliphatic heterocycles. The summed E-state index contributed by atoms with van der Waals surface area (Å²) in [6.07, 6.45) is 10.7. The van der Waals surface area contributed by atoms with E-state index in [1.807, 2.05) is 47.1 Å². The third kappa shape index (κ3) is 2.74. The summed E-state index contributed by atoms with van der Waals surface area (Å²) in [7, 11) is 0. The van der Waals surface area contributed by atoms with Crippen LogP contribution in [0.4, 0.5) is 5.82 Å². The summed E-state index contributed by atoms with van der Waals surface area (Å²) in [6, 6.07) is 10.1. The normalized spacial score (nSPS) is 10.8. The van der Waals surface area contributed by atoms with Gasteiger partial charge in [-0.25, -0.2) is 19.9 Å². The highest BCUT2D eigenvalue weighted by atomic mass is 15.1. The van der Waals surface area contributed by atoms with E-state index in [9.17, 15) is 0 Å². The molecule has 0 saturated carbocycles. The van der Waals surface area contributed by atoms with E-state index >= 15 is 0 Å². The van der Waals surface area contributed by atoms with Gasteiger partial charge in [-0.3, -0.25) is 0 Å². The van der Waals surface area contributed by atoms with Crippen molar-refractivity contribution in [2.45, 2.75) is 6.54 Å². The molecule has 4 aromatic rings. The van der Waals surface area contributed by atoms with Crippen molar-refractivity contribution in [3.05, 3.63) is 73.2 Å². The number of benzene rings is 1. The van der Waals surface area contributed by atoms with E-state index in [2.05, 4.69) is 20.3 Å². The maximum atomic E-state index is 4.72. The molecule has 0 spiro atoms. The molecule has 0 amide bonds. The number of nitrogens with zero attached hydrogens (tertiary/aromatic N) is 5. The molecular formula is C17H14N6. The van der Waals surface area contributed by atoms with Gasteiger partial charge in [0.25, 0.3) is 0 Å². The highest BCUT2D eigenvalue weighted by Gasteiger charge is 2.09. The van der Waals surface area contributed by atoms with Crippen LogP contribution >= 0.6 is 0 Å². The minimum Gasteiger partial charge on any atom is -0.363 e. The van der Waals surface area contributed by atoms with E-state index in [0.717, 1.165) is 28.3 Å². The first-order valence-electron chi connectivity index (χ1n) is 7.27. The fourth-order valence-electron chi connectivity index (χ4n) is 2.41. The van der Waals surface area contributed by atoms with E-state index < -0.39 is 0 Å². The summed E-state index contributed by atoms with van der Waals surface area (Å²) < 4.78 is 1.97. The molecule has 6 heteroatoms. The van der Waals surface area contributed by atoms with Crippen molar-refractivity contribution in [1.29, 1.82) is 0 Å². The average molecular weight is 302 g/mol. The first kappa shape index (κ1) is 13.4. The molecule has 6 nitrogen and oxygen atoms in total. The maximum Gasteiger partial charge on any atom is 0.180 e. The molecule has 0 bridgehead atoms. The van der Waals surface area contributed by atoms with Crippen molar-refractivity contribution in [2.24, 2.45) is 0 Å². The largest absolute Gasteiger partial charge is 0.363 e. The standard InChI is InChI=1S/C17H14N6/c1-2-4-14(5-3-1)15-11-23-7-6-20-17(23)16(22-15)21-10-13-8-18-12-19-9-13/h1-9,11-12H,10H2,(H,21,22). The molecule has 23 heavy (non-hydrogen) atoms. The van der Waals surface area contributed by atoms with Crippen molar-refractivity contribution in [3.8, 4) is 11.3 Å². The van der Waals surface area contributed by atoms with Gasteiger partial charge < -0.3 is 9.72 Å². The molecule has 0 saturated heterocycles. The quantitative estimate of drug-likeness (QED) is 0.628. The van der Waals surface area contributed by atoms with Crippen LogP contribution in [-0.4, -0.2) is 24.3 Å². The Bertz CT molecular complexity index is 918. The first-order chi connectivity index (χ1) is 11.4. The zero-order chi connectivity index (χ0) is 15.5. The van der Waals surface area contributed by atoms with Crippen LogP contribution in [0.5, 0.6) is 0 Å².